The molecule has 2 aliphatic rings. The highest BCUT2D eigenvalue weighted by molar-refractivity contribution is 5.90. The standard InChI is InChI=1S/C14H21N5O3/c20-13(12-15-9-16-17-12)18-6-3-11(4-7-18)19-5-1-2-10(8-19)14(21)22/h9-11H,1-8H2,(H,21,22)(H,15,16,17)/t10-/m1/s1. The van der Waals surface area contributed by atoms with Crippen molar-refractivity contribution in [3.8, 4) is 0 Å². The molecule has 0 radical (unpaired) electrons. The molecular weight excluding hydrogens is 286 g/mol. The second-order valence-electron chi connectivity index (χ2n) is 6.03. The van der Waals surface area contributed by atoms with E-state index in [1.54, 1.807) is 4.90 Å². The van der Waals surface area contributed by atoms with E-state index in [9.17, 15) is 14.7 Å². The molecule has 3 heterocycles. The Morgan fingerprint density at radius 1 is 1.23 bits per heavy atom. The summed E-state index contributed by atoms with van der Waals surface area (Å²) in [6, 6.07) is 0.376. The number of aliphatic carboxylic acids is 1. The van der Waals surface area contributed by atoms with Crippen molar-refractivity contribution < 1.29 is 14.7 Å². The molecule has 0 aliphatic carbocycles. The molecule has 1 amide bonds. The Labute approximate surface area is 128 Å². The number of aromatic nitrogens is 3. The number of likely N-dealkylation sites (tertiary alicyclic amines) is 2. The predicted octanol–water partition coefficient (Wildman–Crippen LogP) is 0.206. The number of carbonyl (C=O) groups is 2. The number of aromatic amines is 1. The molecule has 0 aromatic carbocycles. The second-order valence-corrected chi connectivity index (χ2v) is 6.03. The molecule has 0 spiro atoms. The minimum atomic E-state index is -0.692. The van der Waals surface area contributed by atoms with Crippen LogP contribution in [0.1, 0.15) is 36.3 Å². The van der Waals surface area contributed by atoms with Crippen molar-refractivity contribution in [2.45, 2.75) is 31.7 Å². The molecule has 2 aliphatic heterocycles. The molecule has 1 atom stereocenters. The third-order valence-corrected chi connectivity index (χ3v) is 4.69. The van der Waals surface area contributed by atoms with E-state index in [0.29, 0.717) is 25.7 Å². The molecule has 2 saturated heterocycles. The fourth-order valence-electron chi connectivity index (χ4n) is 3.43. The first-order valence-electron chi connectivity index (χ1n) is 7.76. The molecule has 3 rings (SSSR count). The van der Waals surface area contributed by atoms with Crippen LogP contribution in [-0.2, 0) is 4.79 Å². The van der Waals surface area contributed by atoms with E-state index in [0.717, 1.165) is 32.2 Å². The van der Waals surface area contributed by atoms with Gasteiger partial charge in [-0.15, -0.1) is 0 Å². The minimum absolute atomic E-state index is 0.113. The summed E-state index contributed by atoms with van der Waals surface area (Å²) in [7, 11) is 0. The van der Waals surface area contributed by atoms with Crippen LogP contribution in [-0.4, -0.2) is 74.2 Å². The summed E-state index contributed by atoms with van der Waals surface area (Å²) < 4.78 is 0. The maximum atomic E-state index is 12.2. The average Bonchev–Trinajstić information content (AvgIpc) is 3.09. The number of rotatable bonds is 3. The van der Waals surface area contributed by atoms with Crippen molar-refractivity contribution in [2.24, 2.45) is 5.92 Å². The maximum Gasteiger partial charge on any atom is 0.307 e. The third-order valence-electron chi connectivity index (χ3n) is 4.69. The van der Waals surface area contributed by atoms with Crippen LogP contribution in [0, 0.1) is 5.92 Å². The van der Waals surface area contributed by atoms with Crippen molar-refractivity contribution in [1.29, 1.82) is 0 Å². The fraction of sp³-hybridized carbons (Fsp3) is 0.714. The van der Waals surface area contributed by atoms with Gasteiger partial charge in [-0.1, -0.05) is 0 Å². The number of carboxylic acid groups (broad SMARTS) is 1. The summed E-state index contributed by atoms with van der Waals surface area (Å²) in [5, 5.41) is 15.5. The number of carbonyl (C=O) groups excluding carboxylic acids is 1. The molecule has 0 bridgehead atoms. The van der Waals surface area contributed by atoms with Gasteiger partial charge in [0.25, 0.3) is 5.91 Å². The predicted molar refractivity (Wildman–Crippen MR) is 77.2 cm³/mol. The van der Waals surface area contributed by atoms with Crippen LogP contribution < -0.4 is 0 Å². The zero-order valence-electron chi connectivity index (χ0n) is 12.4. The van der Waals surface area contributed by atoms with E-state index < -0.39 is 5.97 Å². The Morgan fingerprint density at radius 2 is 2.00 bits per heavy atom. The highest BCUT2D eigenvalue weighted by Crippen LogP contribution is 2.24. The van der Waals surface area contributed by atoms with Crippen molar-refractivity contribution in [2.75, 3.05) is 26.2 Å². The Morgan fingerprint density at radius 3 is 2.64 bits per heavy atom. The lowest BCUT2D eigenvalue weighted by molar-refractivity contribution is -0.144. The molecule has 1 aromatic heterocycles. The lowest BCUT2D eigenvalue weighted by Crippen LogP contribution is -2.50. The van der Waals surface area contributed by atoms with Crippen LogP contribution in [0.3, 0.4) is 0 Å². The van der Waals surface area contributed by atoms with Gasteiger partial charge in [-0.2, -0.15) is 5.10 Å². The van der Waals surface area contributed by atoms with Crippen LogP contribution in [0.25, 0.3) is 0 Å². The quantitative estimate of drug-likeness (QED) is 0.827. The Kier molecular flexibility index (Phi) is 4.37. The zero-order chi connectivity index (χ0) is 15.5. The number of hydrogen-bond acceptors (Lipinski definition) is 5. The van der Waals surface area contributed by atoms with E-state index in [4.69, 9.17) is 0 Å². The van der Waals surface area contributed by atoms with Crippen molar-refractivity contribution in [3.05, 3.63) is 12.2 Å². The van der Waals surface area contributed by atoms with Gasteiger partial charge in [0.1, 0.15) is 6.33 Å². The van der Waals surface area contributed by atoms with Gasteiger partial charge in [-0.05, 0) is 32.2 Å². The molecule has 2 fully saturated rings. The lowest BCUT2D eigenvalue weighted by atomic mass is 9.94. The molecule has 8 nitrogen and oxygen atoms in total. The number of carboxylic acids is 1. The first kappa shape index (κ1) is 15.0. The number of H-pyrrole nitrogens is 1. The molecule has 2 N–H and O–H groups in total. The highest BCUT2D eigenvalue weighted by atomic mass is 16.4. The van der Waals surface area contributed by atoms with Crippen molar-refractivity contribution >= 4 is 11.9 Å². The summed E-state index contributed by atoms with van der Waals surface area (Å²) in [6.07, 6.45) is 4.81. The summed E-state index contributed by atoms with van der Waals surface area (Å²) in [6.45, 7) is 2.96. The third kappa shape index (κ3) is 3.11. The Balaban J connectivity index is 1.53. The molecular formula is C14H21N5O3. The van der Waals surface area contributed by atoms with Gasteiger partial charge >= 0.3 is 5.97 Å². The van der Waals surface area contributed by atoms with Gasteiger partial charge in [0.2, 0.25) is 5.82 Å². The molecule has 0 saturated carbocycles. The first-order valence-corrected chi connectivity index (χ1v) is 7.76. The van der Waals surface area contributed by atoms with Crippen LogP contribution in [0.4, 0.5) is 0 Å². The van der Waals surface area contributed by atoms with Gasteiger partial charge in [0, 0.05) is 25.7 Å². The van der Waals surface area contributed by atoms with Crippen LogP contribution in [0.15, 0.2) is 6.33 Å². The maximum absolute atomic E-state index is 12.2. The molecule has 22 heavy (non-hydrogen) atoms. The summed E-state index contributed by atoms with van der Waals surface area (Å²) in [5.74, 6) is -0.773. The SMILES string of the molecule is O=C(O)[C@@H]1CCCN(C2CCN(C(=O)c3ncn[nH]3)CC2)C1. The van der Waals surface area contributed by atoms with E-state index in [1.165, 1.54) is 6.33 Å². The largest absolute Gasteiger partial charge is 0.481 e. The minimum Gasteiger partial charge on any atom is -0.481 e. The van der Waals surface area contributed by atoms with E-state index >= 15 is 0 Å². The molecule has 0 unspecified atom stereocenters. The summed E-state index contributed by atoms with van der Waals surface area (Å²) in [4.78, 5) is 31.3. The van der Waals surface area contributed by atoms with Crippen LogP contribution in [0.5, 0.6) is 0 Å². The van der Waals surface area contributed by atoms with Crippen molar-refractivity contribution in [3.63, 3.8) is 0 Å². The number of amides is 1. The number of nitrogens with zero attached hydrogens (tertiary/aromatic N) is 4. The zero-order valence-corrected chi connectivity index (χ0v) is 12.4. The first-order chi connectivity index (χ1) is 10.6. The number of hydrogen-bond donors (Lipinski definition) is 2. The lowest BCUT2D eigenvalue weighted by Gasteiger charge is -2.41. The van der Waals surface area contributed by atoms with Crippen molar-refractivity contribution in [1.82, 2.24) is 25.0 Å². The van der Waals surface area contributed by atoms with E-state index in [2.05, 4.69) is 20.1 Å². The van der Waals surface area contributed by atoms with Gasteiger partial charge in [0.05, 0.1) is 5.92 Å². The number of piperidine rings is 2. The molecule has 8 heteroatoms. The topological polar surface area (TPSA) is 102 Å². The Hall–Kier alpha value is -1.96. The number of nitrogens with one attached hydrogen (secondary N) is 1. The van der Waals surface area contributed by atoms with Gasteiger partial charge < -0.3 is 10.0 Å². The summed E-state index contributed by atoms with van der Waals surface area (Å²) >= 11 is 0. The monoisotopic (exact) mass is 307 g/mol. The van der Waals surface area contributed by atoms with Crippen LogP contribution in [0.2, 0.25) is 0 Å². The fourth-order valence-corrected chi connectivity index (χ4v) is 3.43. The van der Waals surface area contributed by atoms with E-state index in [1.807, 2.05) is 0 Å². The van der Waals surface area contributed by atoms with Gasteiger partial charge in [-0.3, -0.25) is 19.6 Å². The Bertz CT molecular complexity index is 525. The average molecular weight is 307 g/mol. The summed E-state index contributed by atoms with van der Waals surface area (Å²) in [5.41, 5.74) is 0. The second kappa shape index (κ2) is 6.43. The van der Waals surface area contributed by atoms with Gasteiger partial charge in [0.15, 0.2) is 0 Å². The molecule has 120 valence electrons. The molecule has 1 aromatic rings. The van der Waals surface area contributed by atoms with Crippen LogP contribution >= 0.6 is 0 Å². The van der Waals surface area contributed by atoms with Gasteiger partial charge in [-0.25, -0.2) is 4.98 Å². The highest BCUT2D eigenvalue weighted by Gasteiger charge is 2.32. The normalized spacial score (nSPS) is 24.4. The smallest absolute Gasteiger partial charge is 0.307 e. The van der Waals surface area contributed by atoms with E-state index in [-0.39, 0.29) is 17.6 Å².